The molecule has 0 aliphatic carbocycles. The molecule has 0 saturated carbocycles. The monoisotopic (exact) mass is 338 g/mol. The summed E-state index contributed by atoms with van der Waals surface area (Å²) in [5.41, 5.74) is 3.34. The van der Waals surface area contributed by atoms with Gasteiger partial charge in [0, 0.05) is 30.7 Å². The first-order valence-electron chi connectivity index (χ1n) is 8.42. The number of halogens is 1. The summed E-state index contributed by atoms with van der Waals surface area (Å²) in [6.07, 6.45) is 3.73. The van der Waals surface area contributed by atoms with Gasteiger partial charge in [-0.3, -0.25) is 9.20 Å². The first-order chi connectivity index (χ1) is 12.1. The fraction of sp³-hybridized carbons (Fsp3) is 0.263. The largest absolute Gasteiger partial charge is 0.372 e. The second-order valence-electron chi connectivity index (χ2n) is 6.32. The van der Waals surface area contributed by atoms with Crippen molar-refractivity contribution in [2.75, 3.05) is 23.3 Å². The van der Waals surface area contributed by atoms with E-state index in [4.69, 9.17) is 0 Å². The van der Waals surface area contributed by atoms with Gasteiger partial charge in [0.05, 0.1) is 5.69 Å². The summed E-state index contributed by atoms with van der Waals surface area (Å²) in [5.74, 6) is -0.710. The Morgan fingerprint density at radius 2 is 1.84 bits per heavy atom. The highest BCUT2D eigenvalue weighted by atomic mass is 19.1. The number of anilines is 2. The zero-order valence-electron chi connectivity index (χ0n) is 14.0. The molecule has 4 rings (SSSR count). The number of fused-ring (bicyclic) bond motifs is 1. The molecule has 1 saturated heterocycles. The van der Waals surface area contributed by atoms with Gasteiger partial charge >= 0.3 is 0 Å². The highest BCUT2D eigenvalue weighted by Gasteiger charge is 2.17. The Morgan fingerprint density at radius 1 is 1.12 bits per heavy atom. The van der Waals surface area contributed by atoms with Crippen molar-refractivity contribution in [3.63, 3.8) is 0 Å². The van der Waals surface area contributed by atoms with Gasteiger partial charge in [0.25, 0.3) is 5.91 Å². The lowest BCUT2D eigenvalue weighted by atomic mass is 10.2. The van der Waals surface area contributed by atoms with Crippen LogP contribution in [0.3, 0.4) is 0 Å². The average Bonchev–Trinajstić information content (AvgIpc) is 3.22. The number of rotatable bonds is 3. The van der Waals surface area contributed by atoms with Crippen LogP contribution >= 0.6 is 0 Å². The molecule has 1 aliphatic rings. The molecule has 128 valence electrons. The SMILES string of the molecule is Cc1nc2ccc(F)cn2c1C(=O)Nc1ccc(N2CCCC2)cc1. The second kappa shape index (κ2) is 6.20. The Hall–Kier alpha value is -2.89. The zero-order valence-corrected chi connectivity index (χ0v) is 14.0. The van der Waals surface area contributed by atoms with Crippen LogP contribution in [-0.2, 0) is 0 Å². The Kier molecular flexibility index (Phi) is 3.87. The number of nitrogens with one attached hydrogen (secondary N) is 1. The lowest BCUT2D eigenvalue weighted by Gasteiger charge is -2.17. The van der Waals surface area contributed by atoms with Crippen molar-refractivity contribution in [2.24, 2.45) is 0 Å². The molecule has 25 heavy (non-hydrogen) atoms. The lowest BCUT2D eigenvalue weighted by molar-refractivity contribution is 0.102. The number of amides is 1. The minimum atomic E-state index is -0.408. The van der Waals surface area contributed by atoms with Crippen molar-refractivity contribution in [3.8, 4) is 0 Å². The van der Waals surface area contributed by atoms with E-state index in [1.54, 1.807) is 13.0 Å². The predicted molar refractivity (Wildman–Crippen MR) is 95.7 cm³/mol. The Balaban J connectivity index is 1.58. The molecule has 0 bridgehead atoms. The van der Waals surface area contributed by atoms with E-state index in [2.05, 4.69) is 15.2 Å². The van der Waals surface area contributed by atoms with Crippen LogP contribution in [0.5, 0.6) is 0 Å². The first kappa shape index (κ1) is 15.6. The summed E-state index contributed by atoms with van der Waals surface area (Å²) < 4.78 is 15.0. The maximum absolute atomic E-state index is 13.5. The number of imidazole rings is 1. The van der Waals surface area contributed by atoms with Gasteiger partial charge in [-0.05, 0) is 56.2 Å². The smallest absolute Gasteiger partial charge is 0.274 e. The van der Waals surface area contributed by atoms with E-state index in [0.717, 1.165) is 13.1 Å². The maximum Gasteiger partial charge on any atom is 0.274 e. The molecule has 5 nitrogen and oxygen atoms in total. The highest BCUT2D eigenvalue weighted by molar-refractivity contribution is 6.04. The lowest BCUT2D eigenvalue weighted by Crippen LogP contribution is -2.18. The number of carbonyl (C=O) groups excluding carboxylic acids is 1. The van der Waals surface area contributed by atoms with Crippen molar-refractivity contribution in [2.45, 2.75) is 19.8 Å². The van der Waals surface area contributed by atoms with Gasteiger partial charge in [0.2, 0.25) is 0 Å². The van der Waals surface area contributed by atoms with Crippen LogP contribution in [0.15, 0.2) is 42.6 Å². The van der Waals surface area contributed by atoms with Gasteiger partial charge < -0.3 is 10.2 Å². The van der Waals surface area contributed by atoms with E-state index in [1.807, 2.05) is 24.3 Å². The molecule has 0 spiro atoms. The standard InChI is InChI=1S/C19H19FN4O/c1-13-18(24-12-14(20)4-9-17(24)21-13)19(25)22-15-5-7-16(8-6-15)23-10-2-3-11-23/h4-9,12H,2-3,10-11H2,1H3,(H,22,25). The Morgan fingerprint density at radius 3 is 2.56 bits per heavy atom. The van der Waals surface area contributed by atoms with Crippen LogP contribution in [0.1, 0.15) is 29.0 Å². The average molecular weight is 338 g/mol. The van der Waals surface area contributed by atoms with E-state index < -0.39 is 5.82 Å². The quantitative estimate of drug-likeness (QED) is 0.793. The topological polar surface area (TPSA) is 49.6 Å². The minimum Gasteiger partial charge on any atom is -0.372 e. The molecule has 0 unspecified atom stereocenters. The molecule has 0 radical (unpaired) electrons. The molecule has 3 aromatic rings. The van der Waals surface area contributed by atoms with Crippen molar-refractivity contribution >= 4 is 22.9 Å². The number of nitrogens with zero attached hydrogens (tertiary/aromatic N) is 3. The molecular weight excluding hydrogens is 319 g/mol. The Labute approximate surface area is 145 Å². The third-order valence-electron chi connectivity index (χ3n) is 4.57. The van der Waals surface area contributed by atoms with Crippen LogP contribution in [-0.4, -0.2) is 28.4 Å². The van der Waals surface area contributed by atoms with Crippen molar-refractivity contribution < 1.29 is 9.18 Å². The fourth-order valence-corrected chi connectivity index (χ4v) is 3.33. The number of carbonyl (C=O) groups is 1. The number of benzene rings is 1. The first-order valence-corrected chi connectivity index (χ1v) is 8.42. The molecule has 0 atom stereocenters. The van der Waals surface area contributed by atoms with Gasteiger partial charge in [-0.25, -0.2) is 9.37 Å². The summed E-state index contributed by atoms with van der Waals surface area (Å²) >= 11 is 0. The molecule has 3 heterocycles. The molecule has 1 aromatic carbocycles. The zero-order chi connectivity index (χ0) is 17.4. The third kappa shape index (κ3) is 2.95. The van der Waals surface area contributed by atoms with E-state index in [9.17, 15) is 9.18 Å². The molecule has 1 aliphatic heterocycles. The van der Waals surface area contributed by atoms with Crippen LogP contribution < -0.4 is 10.2 Å². The third-order valence-corrected chi connectivity index (χ3v) is 4.57. The maximum atomic E-state index is 13.5. The van der Waals surface area contributed by atoms with Crippen molar-refractivity contribution in [1.29, 1.82) is 0 Å². The molecule has 6 heteroatoms. The van der Waals surface area contributed by atoms with Crippen LogP contribution in [0.25, 0.3) is 5.65 Å². The Bertz CT molecular complexity index is 926. The molecule has 1 amide bonds. The van der Waals surface area contributed by atoms with E-state index >= 15 is 0 Å². The molecule has 1 N–H and O–H groups in total. The van der Waals surface area contributed by atoms with E-state index in [-0.39, 0.29) is 5.91 Å². The summed E-state index contributed by atoms with van der Waals surface area (Å²) in [6.45, 7) is 3.91. The van der Waals surface area contributed by atoms with Gasteiger partial charge in [-0.2, -0.15) is 0 Å². The number of aromatic nitrogens is 2. The van der Waals surface area contributed by atoms with Crippen molar-refractivity contribution in [1.82, 2.24) is 9.38 Å². The van der Waals surface area contributed by atoms with Gasteiger partial charge in [0.15, 0.2) is 0 Å². The van der Waals surface area contributed by atoms with Crippen LogP contribution in [0.2, 0.25) is 0 Å². The summed E-state index contributed by atoms with van der Waals surface area (Å²) in [5, 5.41) is 2.87. The highest BCUT2D eigenvalue weighted by Crippen LogP contribution is 2.23. The van der Waals surface area contributed by atoms with Crippen LogP contribution in [0.4, 0.5) is 15.8 Å². The molecule has 1 fully saturated rings. The normalized spacial score (nSPS) is 14.2. The van der Waals surface area contributed by atoms with Gasteiger partial charge in [-0.1, -0.05) is 0 Å². The van der Waals surface area contributed by atoms with Crippen molar-refractivity contribution in [3.05, 3.63) is 59.8 Å². The van der Waals surface area contributed by atoms with Gasteiger partial charge in [0.1, 0.15) is 17.2 Å². The summed E-state index contributed by atoms with van der Waals surface area (Å²) in [7, 11) is 0. The number of hydrogen-bond acceptors (Lipinski definition) is 3. The molecule has 2 aromatic heterocycles. The van der Waals surface area contributed by atoms with E-state index in [1.165, 1.54) is 35.2 Å². The predicted octanol–water partition coefficient (Wildman–Crippen LogP) is 3.63. The summed E-state index contributed by atoms with van der Waals surface area (Å²) in [6, 6.07) is 10.7. The number of hydrogen-bond donors (Lipinski definition) is 1. The number of aryl methyl sites for hydroxylation is 1. The minimum absolute atomic E-state index is 0.301. The summed E-state index contributed by atoms with van der Waals surface area (Å²) in [4.78, 5) is 19.3. The van der Waals surface area contributed by atoms with E-state index in [0.29, 0.717) is 22.7 Å². The van der Waals surface area contributed by atoms with Gasteiger partial charge in [-0.15, -0.1) is 0 Å². The fourth-order valence-electron chi connectivity index (χ4n) is 3.33. The molecular formula is C19H19FN4O. The second-order valence-corrected chi connectivity index (χ2v) is 6.32. The van der Waals surface area contributed by atoms with Crippen LogP contribution in [0, 0.1) is 12.7 Å². The number of pyridine rings is 1.